The topological polar surface area (TPSA) is 81.6 Å². The Labute approximate surface area is 130 Å². The third-order valence-electron chi connectivity index (χ3n) is 3.15. The predicted octanol–water partition coefficient (Wildman–Crippen LogP) is 2.49. The Bertz CT molecular complexity index is 537. The number of aromatic nitrogens is 2. The highest BCUT2D eigenvalue weighted by atomic mass is 32.2. The molecule has 0 aliphatic carbocycles. The van der Waals surface area contributed by atoms with Crippen LogP contribution in [0.15, 0.2) is 16.0 Å². The highest BCUT2D eigenvalue weighted by Gasteiger charge is 2.21. The number of hydrogen-bond acceptors (Lipinski definition) is 5. The van der Waals surface area contributed by atoms with Crippen molar-refractivity contribution in [2.75, 3.05) is 12.3 Å². The van der Waals surface area contributed by atoms with Gasteiger partial charge in [0.05, 0.1) is 6.07 Å². The minimum Gasteiger partial charge on any atom is -0.301 e. The first-order chi connectivity index (χ1) is 10.0. The van der Waals surface area contributed by atoms with E-state index >= 15 is 0 Å². The minimum absolute atomic E-state index is 0.0922. The molecule has 1 atom stereocenters. The lowest BCUT2D eigenvalue weighted by Gasteiger charge is -2.22. The molecule has 0 saturated heterocycles. The SMILES string of the molecule is CCCc1cc(=O)[nH]c(SCCCC(C)(C#N)NCC)n1. The smallest absolute Gasteiger partial charge is 0.251 e. The van der Waals surface area contributed by atoms with E-state index in [1.807, 2.05) is 13.8 Å². The van der Waals surface area contributed by atoms with Crippen LogP contribution in [0.1, 0.15) is 45.7 Å². The van der Waals surface area contributed by atoms with Gasteiger partial charge in [0, 0.05) is 17.5 Å². The van der Waals surface area contributed by atoms with E-state index in [4.69, 9.17) is 0 Å². The molecule has 116 valence electrons. The van der Waals surface area contributed by atoms with Gasteiger partial charge in [0.15, 0.2) is 5.16 Å². The molecule has 0 saturated carbocycles. The molecule has 1 aromatic rings. The van der Waals surface area contributed by atoms with E-state index in [-0.39, 0.29) is 5.56 Å². The largest absolute Gasteiger partial charge is 0.301 e. The van der Waals surface area contributed by atoms with Crippen LogP contribution in [0.5, 0.6) is 0 Å². The second kappa shape index (κ2) is 8.85. The Morgan fingerprint density at radius 1 is 1.52 bits per heavy atom. The zero-order valence-electron chi connectivity index (χ0n) is 13.0. The molecule has 0 amide bonds. The molecule has 0 bridgehead atoms. The van der Waals surface area contributed by atoms with E-state index in [9.17, 15) is 10.1 Å². The van der Waals surface area contributed by atoms with Gasteiger partial charge in [-0.15, -0.1) is 0 Å². The van der Waals surface area contributed by atoms with Gasteiger partial charge in [-0.1, -0.05) is 32.0 Å². The van der Waals surface area contributed by atoms with Gasteiger partial charge >= 0.3 is 0 Å². The Kier molecular flexibility index (Phi) is 7.48. The van der Waals surface area contributed by atoms with E-state index in [2.05, 4.69) is 28.3 Å². The van der Waals surface area contributed by atoms with Gasteiger partial charge in [0.2, 0.25) is 0 Å². The summed E-state index contributed by atoms with van der Waals surface area (Å²) in [6.07, 6.45) is 3.47. The lowest BCUT2D eigenvalue weighted by Crippen LogP contribution is -2.40. The molecule has 0 aliphatic rings. The van der Waals surface area contributed by atoms with Gasteiger partial charge in [-0.25, -0.2) is 4.98 Å². The first-order valence-corrected chi connectivity index (χ1v) is 8.41. The van der Waals surface area contributed by atoms with Crippen LogP contribution < -0.4 is 10.9 Å². The molecule has 1 unspecified atom stereocenters. The fourth-order valence-electron chi connectivity index (χ4n) is 2.10. The van der Waals surface area contributed by atoms with Crippen LogP contribution in [0, 0.1) is 11.3 Å². The van der Waals surface area contributed by atoms with Gasteiger partial charge in [-0.3, -0.25) is 10.1 Å². The molecular formula is C15H24N4OS. The third kappa shape index (κ3) is 6.32. The molecule has 1 heterocycles. The monoisotopic (exact) mass is 308 g/mol. The summed E-state index contributed by atoms with van der Waals surface area (Å²) in [7, 11) is 0. The first kappa shape index (κ1) is 17.7. The molecule has 0 spiro atoms. The van der Waals surface area contributed by atoms with Crippen LogP contribution in [0.4, 0.5) is 0 Å². The molecule has 0 aromatic carbocycles. The molecule has 2 N–H and O–H groups in total. The number of hydrogen-bond donors (Lipinski definition) is 2. The predicted molar refractivity (Wildman–Crippen MR) is 86.5 cm³/mol. The Morgan fingerprint density at radius 2 is 2.29 bits per heavy atom. The maximum absolute atomic E-state index is 11.5. The molecule has 5 nitrogen and oxygen atoms in total. The fraction of sp³-hybridized carbons (Fsp3) is 0.667. The maximum atomic E-state index is 11.5. The molecule has 0 fully saturated rings. The van der Waals surface area contributed by atoms with Crippen molar-refractivity contribution in [1.29, 1.82) is 5.26 Å². The van der Waals surface area contributed by atoms with E-state index in [1.165, 1.54) is 0 Å². The molecular weight excluding hydrogens is 284 g/mol. The average Bonchev–Trinajstić information content (AvgIpc) is 2.44. The number of aromatic amines is 1. The van der Waals surface area contributed by atoms with Crippen molar-refractivity contribution in [1.82, 2.24) is 15.3 Å². The second-order valence-electron chi connectivity index (χ2n) is 5.22. The summed E-state index contributed by atoms with van der Waals surface area (Å²) in [6, 6.07) is 3.88. The average molecular weight is 308 g/mol. The number of H-pyrrole nitrogens is 1. The summed E-state index contributed by atoms with van der Waals surface area (Å²) in [5, 5.41) is 13.1. The van der Waals surface area contributed by atoms with Gasteiger partial charge < -0.3 is 4.98 Å². The van der Waals surface area contributed by atoms with Crippen LogP contribution in [-0.4, -0.2) is 27.8 Å². The number of thioether (sulfide) groups is 1. The van der Waals surface area contributed by atoms with Gasteiger partial charge in [0.1, 0.15) is 5.54 Å². The van der Waals surface area contributed by atoms with Crippen LogP contribution >= 0.6 is 11.8 Å². The van der Waals surface area contributed by atoms with E-state index in [1.54, 1.807) is 17.8 Å². The van der Waals surface area contributed by atoms with E-state index in [0.29, 0.717) is 5.16 Å². The molecule has 0 aliphatic heterocycles. The van der Waals surface area contributed by atoms with Crippen molar-refractivity contribution in [3.05, 3.63) is 22.1 Å². The number of nitrogens with one attached hydrogen (secondary N) is 2. The zero-order chi connectivity index (χ0) is 15.7. The summed E-state index contributed by atoms with van der Waals surface area (Å²) in [5.74, 6) is 0.835. The molecule has 21 heavy (non-hydrogen) atoms. The Balaban J connectivity index is 2.49. The van der Waals surface area contributed by atoms with Crippen LogP contribution in [0.25, 0.3) is 0 Å². The highest BCUT2D eigenvalue weighted by Crippen LogP contribution is 2.18. The van der Waals surface area contributed by atoms with Crippen molar-refractivity contribution in [3.63, 3.8) is 0 Å². The molecule has 1 aromatic heterocycles. The van der Waals surface area contributed by atoms with Gasteiger partial charge in [-0.05, 0) is 32.7 Å². The number of nitriles is 1. The zero-order valence-corrected chi connectivity index (χ0v) is 13.8. The summed E-state index contributed by atoms with van der Waals surface area (Å²) < 4.78 is 0. The summed E-state index contributed by atoms with van der Waals surface area (Å²) in [5.41, 5.74) is 0.281. The van der Waals surface area contributed by atoms with Crippen molar-refractivity contribution >= 4 is 11.8 Å². The van der Waals surface area contributed by atoms with Crippen LogP contribution in [-0.2, 0) is 6.42 Å². The van der Waals surface area contributed by atoms with Gasteiger partial charge in [-0.2, -0.15) is 5.26 Å². The third-order valence-corrected chi connectivity index (χ3v) is 4.11. The first-order valence-electron chi connectivity index (χ1n) is 7.42. The molecule has 1 rings (SSSR count). The molecule has 6 heteroatoms. The van der Waals surface area contributed by atoms with E-state index < -0.39 is 5.54 Å². The van der Waals surface area contributed by atoms with E-state index in [0.717, 1.165) is 43.7 Å². The standard InChI is InChI=1S/C15H24N4OS/c1-4-7-12-10-13(20)19-14(18-12)21-9-6-8-15(3,11-16)17-5-2/h10,17H,4-9H2,1-3H3,(H,18,19,20). The number of nitrogens with zero attached hydrogens (tertiary/aromatic N) is 2. The summed E-state index contributed by atoms with van der Waals surface area (Å²) in [6.45, 7) is 6.77. The second-order valence-corrected chi connectivity index (χ2v) is 6.30. The van der Waals surface area contributed by atoms with Gasteiger partial charge in [0.25, 0.3) is 5.56 Å². The molecule has 0 radical (unpaired) electrons. The van der Waals surface area contributed by atoms with Crippen LogP contribution in [0.2, 0.25) is 0 Å². The summed E-state index contributed by atoms with van der Waals surface area (Å²) in [4.78, 5) is 18.7. The summed E-state index contributed by atoms with van der Waals surface area (Å²) >= 11 is 1.54. The highest BCUT2D eigenvalue weighted by molar-refractivity contribution is 7.99. The minimum atomic E-state index is -0.472. The Morgan fingerprint density at radius 3 is 2.90 bits per heavy atom. The number of aryl methyl sites for hydroxylation is 1. The lowest BCUT2D eigenvalue weighted by atomic mass is 9.98. The maximum Gasteiger partial charge on any atom is 0.251 e. The van der Waals surface area contributed by atoms with Crippen molar-refractivity contribution in [2.45, 2.75) is 57.1 Å². The van der Waals surface area contributed by atoms with Crippen LogP contribution in [0.3, 0.4) is 0 Å². The quantitative estimate of drug-likeness (QED) is 0.416. The van der Waals surface area contributed by atoms with Crippen molar-refractivity contribution in [3.8, 4) is 6.07 Å². The number of rotatable bonds is 9. The Hall–Kier alpha value is -1.32. The lowest BCUT2D eigenvalue weighted by molar-refractivity contribution is 0.426. The van der Waals surface area contributed by atoms with Crippen molar-refractivity contribution in [2.24, 2.45) is 0 Å². The fourth-order valence-corrected chi connectivity index (χ4v) is 2.94. The normalized spacial score (nSPS) is 13.6. The van der Waals surface area contributed by atoms with Crippen molar-refractivity contribution < 1.29 is 0 Å².